The summed E-state index contributed by atoms with van der Waals surface area (Å²) in [6.45, 7) is 13.5. The minimum atomic E-state index is 1.02. The van der Waals surface area contributed by atoms with E-state index < -0.39 is 0 Å². The van der Waals surface area contributed by atoms with Crippen molar-refractivity contribution in [2.24, 2.45) is 0 Å². The third kappa shape index (κ3) is 20.3. The molecule has 1 heterocycles. The van der Waals surface area contributed by atoms with Gasteiger partial charge in [0, 0.05) is 22.3 Å². The van der Waals surface area contributed by atoms with E-state index in [1.54, 1.807) is 4.70 Å². The number of nitrogens with zero attached hydrogens (tertiary/aromatic N) is 2. The summed E-state index contributed by atoms with van der Waals surface area (Å²) in [6.07, 6.45) is 36.7. The van der Waals surface area contributed by atoms with E-state index in [2.05, 4.69) is 90.1 Å². The molecule has 3 heteroatoms. The molecule has 0 fully saturated rings. The fourth-order valence-electron chi connectivity index (χ4n) is 7.92. The number of aryl methyl sites for hydroxylation is 2. The van der Waals surface area contributed by atoms with E-state index in [-0.39, 0.29) is 0 Å². The van der Waals surface area contributed by atoms with Crippen molar-refractivity contribution in [1.82, 2.24) is 0 Å². The van der Waals surface area contributed by atoms with Crippen molar-refractivity contribution in [2.45, 2.75) is 232 Å². The molecule has 2 aromatic carbocycles. The summed E-state index contributed by atoms with van der Waals surface area (Å²) in [5.74, 6) is 0. The molecule has 1 aliphatic rings. The Bertz CT molecular complexity index is 1300. The first-order valence-corrected chi connectivity index (χ1v) is 25.0. The summed E-state index contributed by atoms with van der Waals surface area (Å²) >= 11 is 1.82. The van der Waals surface area contributed by atoms with Crippen LogP contribution < -0.4 is 0 Å². The van der Waals surface area contributed by atoms with Gasteiger partial charge < -0.3 is 5.53 Å². The molecule has 2 aromatic rings. The number of rotatable bonds is 32. The predicted molar refractivity (Wildman–Crippen MR) is 241 cm³/mol. The number of unbranched alkanes of at least 4 members (excludes halogenated alkanes) is 20. The topological polar surface area (TPSA) is 25.3 Å². The number of benzene rings is 2. The SMILES string of the molecule is CCCCCCCCCCCCCCCCCCCCC1=C(c2ccc(CCCC)cc2)[N+](=[N-])C(c2ccc(CCCC)cc2)=C1CCCC.C[CH2][Ni][CH2]C. The third-order valence-corrected chi connectivity index (χ3v) is 12.3. The summed E-state index contributed by atoms with van der Waals surface area (Å²) in [5.41, 5.74) is 21.8. The zero-order valence-electron chi connectivity index (χ0n) is 37.0. The Morgan fingerprint density at radius 2 is 0.655 bits per heavy atom. The summed E-state index contributed by atoms with van der Waals surface area (Å²) in [7, 11) is 0. The molecule has 0 unspecified atom stereocenters. The summed E-state index contributed by atoms with van der Waals surface area (Å²) < 4.78 is 1.57. The Morgan fingerprint density at radius 3 is 0.964 bits per heavy atom. The normalized spacial score (nSPS) is 12.9. The van der Waals surface area contributed by atoms with E-state index in [1.807, 2.05) is 14.4 Å². The maximum atomic E-state index is 12.0. The van der Waals surface area contributed by atoms with Crippen LogP contribution in [-0.2, 0) is 27.3 Å². The van der Waals surface area contributed by atoms with Gasteiger partial charge in [-0.3, -0.25) is 0 Å². The van der Waals surface area contributed by atoms with Crippen molar-refractivity contribution in [3.63, 3.8) is 0 Å². The van der Waals surface area contributed by atoms with E-state index in [0.29, 0.717) is 0 Å². The van der Waals surface area contributed by atoms with Gasteiger partial charge in [-0.2, -0.15) is 0 Å². The molecule has 0 aromatic heterocycles. The van der Waals surface area contributed by atoms with Gasteiger partial charge in [0.15, 0.2) is 0 Å². The summed E-state index contributed by atoms with van der Waals surface area (Å²) in [4.78, 5) is 0. The van der Waals surface area contributed by atoms with Gasteiger partial charge in [0.2, 0.25) is 11.4 Å². The van der Waals surface area contributed by atoms with Crippen molar-refractivity contribution in [1.29, 1.82) is 0 Å². The molecule has 55 heavy (non-hydrogen) atoms. The standard InChI is InChI=1S/C48H76N2.2C2H5.Ni/c1-5-9-13-14-15-16-17-18-19-20-21-22-23-24-25-26-27-28-32-46-45(31-12-8-4)47(43-37-33-41(34-38-43)29-10-6-2)50(49)48(46)44-39-35-42(36-40-44)30-11-7-3;2*1-2;/h33-40H,5-32H2,1-4H3;2*1H2,2H3;. The summed E-state index contributed by atoms with van der Waals surface area (Å²) in [5, 5.41) is 2.56. The van der Waals surface area contributed by atoms with Gasteiger partial charge in [-0.05, 0) is 86.8 Å². The van der Waals surface area contributed by atoms with Crippen molar-refractivity contribution in [3.05, 3.63) is 87.5 Å². The zero-order valence-corrected chi connectivity index (χ0v) is 38.0. The van der Waals surface area contributed by atoms with Crippen LogP contribution in [-0.4, -0.2) is 4.70 Å². The van der Waals surface area contributed by atoms with Crippen LogP contribution in [0.4, 0.5) is 0 Å². The Hall–Kier alpha value is -1.99. The molecular formula is C52H86N2Ni. The molecule has 0 aliphatic carbocycles. The third-order valence-electron chi connectivity index (χ3n) is 11.3. The van der Waals surface area contributed by atoms with Crippen LogP contribution in [0.25, 0.3) is 16.9 Å². The average Bonchev–Trinajstić information content (AvgIpc) is 3.48. The second kappa shape index (κ2) is 33.0. The van der Waals surface area contributed by atoms with Gasteiger partial charge in [0.05, 0.1) is 0 Å². The fraction of sp³-hybridized carbons (Fsp3) is 0.692. The van der Waals surface area contributed by atoms with Crippen molar-refractivity contribution in [2.75, 3.05) is 0 Å². The van der Waals surface area contributed by atoms with Gasteiger partial charge in [0.1, 0.15) is 0 Å². The second-order valence-corrected chi connectivity index (χ2v) is 17.9. The quantitative estimate of drug-likeness (QED) is 0.0400. The first-order chi connectivity index (χ1) is 27.1. The summed E-state index contributed by atoms with van der Waals surface area (Å²) in [6, 6.07) is 18.1. The average molecular weight is 798 g/mol. The second-order valence-electron chi connectivity index (χ2n) is 16.0. The Balaban J connectivity index is 0.00000196. The fourth-order valence-corrected chi connectivity index (χ4v) is 8.41. The molecule has 0 saturated heterocycles. The van der Waals surface area contributed by atoms with Gasteiger partial charge in [-0.15, -0.1) is 0 Å². The van der Waals surface area contributed by atoms with Crippen molar-refractivity contribution in [3.8, 4) is 0 Å². The van der Waals surface area contributed by atoms with Crippen LogP contribution in [0.3, 0.4) is 0 Å². The molecule has 1 aliphatic heterocycles. The van der Waals surface area contributed by atoms with Gasteiger partial charge in [-0.25, -0.2) is 4.70 Å². The zero-order chi connectivity index (χ0) is 39.8. The van der Waals surface area contributed by atoms with Gasteiger partial charge in [0.25, 0.3) is 0 Å². The van der Waals surface area contributed by atoms with Crippen molar-refractivity contribution >= 4 is 11.4 Å². The van der Waals surface area contributed by atoms with Crippen LogP contribution in [0.15, 0.2) is 59.7 Å². The predicted octanol–water partition coefficient (Wildman–Crippen LogP) is 18.1. The molecule has 0 amide bonds. The van der Waals surface area contributed by atoms with Crippen LogP contribution in [0, 0.1) is 0 Å². The molecular weight excluding hydrogens is 711 g/mol. The Labute approximate surface area is 348 Å². The van der Waals surface area contributed by atoms with E-state index in [1.165, 1.54) is 174 Å². The molecule has 0 bridgehead atoms. The van der Waals surface area contributed by atoms with Crippen LogP contribution in [0.1, 0.15) is 231 Å². The number of hydrogen-bond donors (Lipinski definition) is 0. The molecule has 0 N–H and O–H groups in total. The monoisotopic (exact) mass is 797 g/mol. The van der Waals surface area contributed by atoms with Gasteiger partial charge in [-0.1, -0.05) is 180 Å². The van der Waals surface area contributed by atoms with E-state index in [4.69, 9.17) is 0 Å². The van der Waals surface area contributed by atoms with Crippen LogP contribution >= 0.6 is 0 Å². The van der Waals surface area contributed by atoms with Crippen molar-refractivity contribution < 1.29 is 19.1 Å². The number of allylic oxidation sites excluding steroid dienone is 2. The first kappa shape index (κ1) is 49.2. The Kier molecular flexibility index (Phi) is 29.5. The Morgan fingerprint density at radius 1 is 0.364 bits per heavy atom. The van der Waals surface area contributed by atoms with E-state index in [0.717, 1.165) is 61.0 Å². The van der Waals surface area contributed by atoms with Gasteiger partial charge >= 0.3 is 39.1 Å². The molecule has 0 radical (unpaired) electrons. The van der Waals surface area contributed by atoms with E-state index in [9.17, 15) is 5.53 Å². The van der Waals surface area contributed by atoms with Crippen LogP contribution in [0.5, 0.6) is 0 Å². The first-order valence-electron chi connectivity index (χ1n) is 23.6. The minimum absolute atomic E-state index is 1.02. The molecule has 2 nitrogen and oxygen atoms in total. The van der Waals surface area contributed by atoms with E-state index >= 15 is 0 Å². The molecule has 0 atom stereocenters. The molecule has 3 rings (SSSR count). The molecule has 0 spiro atoms. The number of hydrogen-bond acceptors (Lipinski definition) is 0. The van der Waals surface area contributed by atoms with Crippen LogP contribution in [0.2, 0.25) is 10.8 Å². The maximum absolute atomic E-state index is 12.0. The molecule has 0 saturated carbocycles. The molecule has 314 valence electrons.